The number of aromatic nitrogens is 3. The lowest BCUT2D eigenvalue weighted by Gasteiger charge is -2.19. The summed E-state index contributed by atoms with van der Waals surface area (Å²) >= 11 is 1.22. The maximum Gasteiger partial charge on any atom is 0.283 e. The largest absolute Gasteiger partial charge is 0.486 e. The molecule has 0 spiro atoms. The molecule has 2 aromatic heterocycles. The van der Waals surface area contributed by atoms with Gasteiger partial charge in [-0.25, -0.2) is 4.98 Å². The molecular weight excluding hydrogens is 488 g/mol. The molecule has 1 amide bonds. The Kier molecular flexibility index (Phi) is 5.84. The lowest BCUT2D eigenvalue weighted by molar-refractivity contribution is -0.113. The molecule has 186 valence electrons. The molecule has 0 aliphatic carbocycles. The van der Waals surface area contributed by atoms with E-state index in [1.807, 2.05) is 56.3 Å². The minimum atomic E-state index is -0.220. The third-order valence-electron chi connectivity index (χ3n) is 6.26. The van der Waals surface area contributed by atoms with E-state index >= 15 is 0 Å². The van der Waals surface area contributed by atoms with E-state index in [0.29, 0.717) is 46.6 Å². The number of thioether (sulfide) groups is 1. The van der Waals surface area contributed by atoms with Crippen molar-refractivity contribution in [2.45, 2.75) is 19.0 Å². The van der Waals surface area contributed by atoms with E-state index in [9.17, 15) is 9.59 Å². The fraction of sp³-hybridized carbons (Fsp3) is 0.179. The molecule has 2 N–H and O–H groups in total. The van der Waals surface area contributed by atoms with Gasteiger partial charge in [0, 0.05) is 22.7 Å². The Morgan fingerprint density at radius 2 is 1.86 bits per heavy atom. The van der Waals surface area contributed by atoms with Crippen LogP contribution in [0.1, 0.15) is 11.1 Å². The van der Waals surface area contributed by atoms with Gasteiger partial charge in [-0.3, -0.25) is 14.2 Å². The summed E-state index contributed by atoms with van der Waals surface area (Å²) in [4.78, 5) is 34.8. The number of fused-ring (bicyclic) bond motifs is 4. The van der Waals surface area contributed by atoms with Crippen molar-refractivity contribution < 1.29 is 14.3 Å². The van der Waals surface area contributed by atoms with Crippen LogP contribution in [0.2, 0.25) is 0 Å². The summed E-state index contributed by atoms with van der Waals surface area (Å²) < 4.78 is 12.8. The van der Waals surface area contributed by atoms with E-state index in [1.54, 1.807) is 22.8 Å². The number of amides is 1. The van der Waals surface area contributed by atoms with E-state index in [2.05, 4.69) is 10.3 Å². The molecule has 3 aromatic carbocycles. The highest BCUT2D eigenvalue weighted by atomic mass is 32.2. The molecule has 0 saturated heterocycles. The minimum Gasteiger partial charge on any atom is -0.486 e. The highest BCUT2D eigenvalue weighted by Crippen LogP contribution is 2.33. The van der Waals surface area contributed by atoms with Crippen LogP contribution in [0.3, 0.4) is 0 Å². The summed E-state index contributed by atoms with van der Waals surface area (Å²) in [5, 5.41) is 4.22. The summed E-state index contributed by atoms with van der Waals surface area (Å²) in [5.74, 6) is 1.11. The zero-order chi connectivity index (χ0) is 25.5. The Morgan fingerprint density at radius 1 is 1.05 bits per heavy atom. The van der Waals surface area contributed by atoms with Crippen LogP contribution in [0.25, 0.3) is 27.6 Å². The predicted octanol–water partition coefficient (Wildman–Crippen LogP) is 4.99. The van der Waals surface area contributed by atoms with Gasteiger partial charge in [-0.15, -0.1) is 0 Å². The van der Waals surface area contributed by atoms with Crippen LogP contribution in [0.4, 0.5) is 5.69 Å². The number of carbonyl (C=O) groups is 1. The van der Waals surface area contributed by atoms with Gasteiger partial charge in [0.2, 0.25) is 5.91 Å². The molecule has 6 rings (SSSR count). The van der Waals surface area contributed by atoms with Gasteiger partial charge in [-0.2, -0.15) is 0 Å². The maximum atomic E-state index is 13.8. The van der Waals surface area contributed by atoms with Gasteiger partial charge in [-0.1, -0.05) is 42.1 Å². The zero-order valence-corrected chi connectivity index (χ0v) is 21.1. The Morgan fingerprint density at radius 3 is 2.73 bits per heavy atom. The van der Waals surface area contributed by atoms with E-state index < -0.39 is 0 Å². The molecule has 1 aliphatic heterocycles. The highest BCUT2D eigenvalue weighted by molar-refractivity contribution is 7.99. The lowest BCUT2D eigenvalue weighted by Crippen LogP contribution is -2.23. The van der Waals surface area contributed by atoms with Crippen molar-refractivity contribution in [3.8, 4) is 17.2 Å². The van der Waals surface area contributed by atoms with Crippen molar-refractivity contribution in [2.75, 3.05) is 24.3 Å². The molecule has 0 fully saturated rings. The molecule has 8 nitrogen and oxygen atoms in total. The number of carbonyl (C=O) groups excluding carboxylic acids is 1. The number of anilines is 1. The fourth-order valence-electron chi connectivity index (χ4n) is 4.46. The smallest absolute Gasteiger partial charge is 0.283 e. The van der Waals surface area contributed by atoms with Crippen LogP contribution in [0, 0.1) is 13.8 Å². The van der Waals surface area contributed by atoms with Gasteiger partial charge < -0.3 is 19.8 Å². The average molecular weight is 513 g/mol. The van der Waals surface area contributed by atoms with E-state index in [-0.39, 0.29) is 17.2 Å². The molecule has 1 aliphatic rings. The highest BCUT2D eigenvalue weighted by Gasteiger charge is 2.20. The monoisotopic (exact) mass is 512 g/mol. The van der Waals surface area contributed by atoms with Gasteiger partial charge in [0.15, 0.2) is 16.7 Å². The van der Waals surface area contributed by atoms with Gasteiger partial charge in [0.25, 0.3) is 5.56 Å². The Labute approximate surface area is 216 Å². The molecule has 9 heteroatoms. The van der Waals surface area contributed by atoms with Crippen LogP contribution in [0.5, 0.6) is 11.5 Å². The normalized spacial score (nSPS) is 12.7. The van der Waals surface area contributed by atoms with Crippen LogP contribution >= 0.6 is 11.8 Å². The zero-order valence-electron chi connectivity index (χ0n) is 20.3. The Balaban J connectivity index is 1.37. The number of nitrogens with one attached hydrogen (secondary N) is 2. The van der Waals surface area contributed by atoms with Gasteiger partial charge in [-0.05, 0) is 49.2 Å². The SMILES string of the molecule is Cc1ccc(C)c(-n2c(SCC(=O)Nc3ccc4c(c3)OCCO4)nc3c([nH]c4ccccc43)c2=O)c1. The lowest BCUT2D eigenvalue weighted by atomic mass is 10.1. The second-order valence-electron chi connectivity index (χ2n) is 8.91. The van der Waals surface area contributed by atoms with Gasteiger partial charge >= 0.3 is 0 Å². The van der Waals surface area contributed by atoms with Crippen molar-refractivity contribution in [2.24, 2.45) is 0 Å². The summed E-state index contributed by atoms with van der Waals surface area (Å²) in [5.41, 5.74) is 4.99. The number of aromatic amines is 1. The number of ether oxygens (including phenoxy) is 2. The summed E-state index contributed by atoms with van der Waals surface area (Å²) in [6.45, 7) is 4.92. The van der Waals surface area contributed by atoms with Gasteiger partial charge in [0.1, 0.15) is 24.2 Å². The first kappa shape index (κ1) is 23.2. The van der Waals surface area contributed by atoms with Crippen molar-refractivity contribution in [1.82, 2.24) is 14.5 Å². The molecule has 0 atom stereocenters. The molecule has 0 saturated carbocycles. The quantitative estimate of drug-likeness (QED) is 0.254. The van der Waals surface area contributed by atoms with Crippen molar-refractivity contribution in [1.29, 1.82) is 0 Å². The van der Waals surface area contributed by atoms with E-state index in [0.717, 1.165) is 27.7 Å². The van der Waals surface area contributed by atoms with Gasteiger partial charge in [0.05, 0.1) is 11.4 Å². The van der Waals surface area contributed by atoms with Crippen molar-refractivity contribution >= 4 is 45.3 Å². The standard InChI is InChI=1S/C28H24N4O4S/c1-16-7-8-17(2)21(13-16)32-27(34)26-25(19-5-3-4-6-20(19)30-26)31-28(32)37-15-24(33)29-18-9-10-22-23(14-18)36-12-11-35-22/h3-10,13-14,30H,11-12,15H2,1-2H3,(H,29,33). The molecule has 0 bridgehead atoms. The molecular formula is C28H24N4O4S. The third-order valence-corrected chi connectivity index (χ3v) is 7.20. The topological polar surface area (TPSA) is 98.2 Å². The number of hydrogen-bond acceptors (Lipinski definition) is 6. The van der Waals surface area contributed by atoms with Crippen LogP contribution in [0.15, 0.2) is 70.6 Å². The fourth-order valence-corrected chi connectivity index (χ4v) is 5.26. The molecule has 0 unspecified atom stereocenters. The van der Waals surface area contributed by atoms with Crippen LogP contribution in [-0.2, 0) is 4.79 Å². The number of benzene rings is 3. The summed E-state index contributed by atoms with van der Waals surface area (Å²) in [6.07, 6.45) is 0. The number of H-pyrrole nitrogens is 1. The first-order valence-electron chi connectivity index (χ1n) is 11.9. The molecule has 0 radical (unpaired) electrons. The number of rotatable bonds is 5. The summed E-state index contributed by atoms with van der Waals surface area (Å²) in [6, 6.07) is 19.0. The molecule has 5 aromatic rings. The molecule has 3 heterocycles. The Bertz CT molecular complexity index is 1740. The van der Waals surface area contributed by atoms with Crippen molar-refractivity contribution in [3.63, 3.8) is 0 Å². The first-order chi connectivity index (χ1) is 18.0. The number of hydrogen-bond donors (Lipinski definition) is 2. The van der Waals surface area contributed by atoms with E-state index in [1.165, 1.54) is 11.8 Å². The number of para-hydroxylation sites is 1. The average Bonchev–Trinajstić information content (AvgIpc) is 3.28. The second-order valence-corrected chi connectivity index (χ2v) is 9.86. The third kappa shape index (κ3) is 4.31. The van der Waals surface area contributed by atoms with E-state index in [4.69, 9.17) is 14.5 Å². The number of aryl methyl sites for hydroxylation is 2. The van der Waals surface area contributed by atoms with Crippen LogP contribution < -0.4 is 20.3 Å². The Hall–Kier alpha value is -4.24. The van der Waals surface area contributed by atoms with Crippen LogP contribution in [-0.4, -0.2) is 39.4 Å². The number of nitrogens with zero attached hydrogens (tertiary/aromatic N) is 2. The van der Waals surface area contributed by atoms with Crippen molar-refractivity contribution in [3.05, 3.63) is 82.1 Å². The first-order valence-corrected chi connectivity index (χ1v) is 12.9. The predicted molar refractivity (Wildman–Crippen MR) is 145 cm³/mol. The summed E-state index contributed by atoms with van der Waals surface area (Å²) in [7, 11) is 0. The maximum absolute atomic E-state index is 13.8. The second kappa shape index (κ2) is 9.33. The minimum absolute atomic E-state index is 0.0691. The molecule has 37 heavy (non-hydrogen) atoms.